The van der Waals surface area contributed by atoms with Gasteiger partial charge in [-0.1, -0.05) is 0 Å². The molecule has 0 atom stereocenters. The molecule has 0 spiro atoms. The number of benzene rings is 2. The van der Waals surface area contributed by atoms with E-state index >= 15 is 0 Å². The van der Waals surface area contributed by atoms with Crippen molar-refractivity contribution in [1.82, 2.24) is 10.3 Å². The Hall–Kier alpha value is -3.45. The number of amides is 1. The maximum atomic E-state index is 14.0. The summed E-state index contributed by atoms with van der Waals surface area (Å²) in [7, 11) is 3.05. The molecule has 6 nitrogen and oxygen atoms in total. The Balaban J connectivity index is 1.91. The number of carbonyl (C=O) groups excluding carboxylic acids is 1. The Morgan fingerprint density at radius 2 is 1.93 bits per heavy atom. The first-order chi connectivity index (χ1) is 14.4. The fourth-order valence-electron chi connectivity index (χ4n) is 3.11. The predicted octanol–water partition coefficient (Wildman–Crippen LogP) is 3.60. The first-order valence-electron chi connectivity index (χ1n) is 9.40. The van der Waals surface area contributed by atoms with Crippen LogP contribution in [0.3, 0.4) is 0 Å². The standard InChI is InChI=1S/C23H24FN3O3/c1-14-6-20(22(30-3)11-21(14)24)16-7-15(12-25)8-17(9-16)23(28)27-13-18-10-19(29-2)4-5-26-18/h4-11H,12-13,25H2,1-3H3,(H,27,28). The lowest BCUT2D eigenvalue weighted by Crippen LogP contribution is -2.23. The zero-order chi connectivity index (χ0) is 21.7. The maximum absolute atomic E-state index is 14.0. The molecule has 3 rings (SSSR count). The fraction of sp³-hybridized carbons (Fsp3) is 0.217. The number of nitrogens with two attached hydrogens (primary N) is 1. The molecule has 30 heavy (non-hydrogen) atoms. The molecule has 0 bridgehead atoms. The Morgan fingerprint density at radius 3 is 2.63 bits per heavy atom. The molecule has 0 aliphatic carbocycles. The van der Waals surface area contributed by atoms with Gasteiger partial charge in [-0.3, -0.25) is 9.78 Å². The first-order valence-corrected chi connectivity index (χ1v) is 9.40. The van der Waals surface area contributed by atoms with Gasteiger partial charge >= 0.3 is 0 Å². The number of aryl methyl sites for hydroxylation is 1. The monoisotopic (exact) mass is 409 g/mol. The molecule has 0 radical (unpaired) electrons. The van der Waals surface area contributed by atoms with Crippen LogP contribution in [0.5, 0.6) is 11.5 Å². The van der Waals surface area contributed by atoms with Gasteiger partial charge in [0.15, 0.2) is 0 Å². The van der Waals surface area contributed by atoms with Crippen LogP contribution in [0, 0.1) is 12.7 Å². The zero-order valence-electron chi connectivity index (χ0n) is 17.2. The van der Waals surface area contributed by atoms with Crippen LogP contribution < -0.4 is 20.5 Å². The summed E-state index contributed by atoms with van der Waals surface area (Å²) in [6.07, 6.45) is 1.62. The number of nitrogens with one attached hydrogen (secondary N) is 1. The SMILES string of the molecule is COc1ccnc(CNC(=O)c2cc(CN)cc(-c3cc(C)c(F)cc3OC)c2)c1. The third-order valence-electron chi connectivity index (χ3n) is 4.74. The van der Waals surface area contributed by atoms with E-state index in [1.54, 1.807) is 50.6 Å². The summed E-state index contributed by atoms with van der Waals surface area (Å²) in [6.45, 7) is 2.19. The van der Waals surface area contributed by atoms with E-state index in [0.29, 0.717) is 33.9 Å². The van der Waals surface area contributed by atoms with Crippen molar-refractivity contribution in [1.29, 1.82) is 0 Å². The van der Waals surface area contributed by atoms with Crippen molar-refractivity contribution in [2.45, 2.75) is 20.0 Å². The summed E-state index contributed by atoms with van der Waals surface area (Å²) < 4.78 is 24.5. The van der Waals surface area contributed by atoms with Crippen LogP contribution in [0.15, 0.2) is 48.7 Å². The third kappa shape index (κ3) is 4.75. The van der Waals surface area contributed by atoms with Gasteiger partial charge in [-0.15, -0.1) is 0 Å². The zero-order valence-corrected chi connectivity index (χ0v) is 17.2. The van der Waals surface area contributed by atoms with Gasteiger partial charge in [0, 0.05) is 36.0 Å². The molecule has 7 heteroatoms. The Kier molecular flexibility index (Phi) is 6.64. The Labute approximate surface area is 174 Å². The quantitative estimate of drug-likeness (QED) is 0.623. The Bertz CT molecular complexity index is 1070. The Morgan fingerprint density at radius 1 is 1.13 bits per heavy atom. The number of carbonyl (C=O) groups is 1. The van der Waals surface area contributed by atoms with Crippen LogP contribution in [-0.2, 0) is 13.1 Å². The fourth-order valence-corrected chi connectivity index (χ4v) is 3.11. The second-order valence-corrected chi connectivity index (χ2v) is 6.79. The number of methoxy groups -OCH3 is 2. The molecule has 0 unspecified atom stereocenters. The second kappa shape index (κ2) is 9.37. The van der Waals surface area contributed by atoms with Crippen molar-refractivity contribution >= 4 is 5.91 Å². The lowest BCUT2D eigenvalue weighted by Gasteiger charge is -2.14. The minimum Gasteiger partial charge on any atom is -0.497 e. The van der Waals surface area contributed by atoms with Crippen molar-refractivity contribution in [2.75, 3.05) is 14.2 Å². The van der Waals surface area contributed by atoms with Crippen molar-refractivity contribution in [3.05, 3.63) is 76.9 Å². The molecular formula is C23H24FN3O3. The number of halogens is 1. The van der Waals surface area contributed by atoms with E-state index < -0.39 is 0 Å². The highest BCUT2D eigenvalue weighted by Crippen LogP contribution is 2.33. The van der Waals surface area contributed by atoms with Gasteiger partial charge in [-0.2, -0.15) is 0 Å². The molecule has 156 valence electrons. The first kappa shape index (κ1) is 21.3. The third-order valence-corrected chi connectivity index (χ3v) is 4.74. The van der Waals surface area contributed by atoms with Gasteiger partial charge in [0.05, 0.1) is 26.5 Å². The number of hydrogen-bond acceptors (Lipinski definition) is 5. The number of nitrogens with zero attached hydrogens (tertiary/aromatic N) is 1. The van der Waals surface area contributed by atoms with Crippen LogP contribution in [0.2, 0.25) is 0 Å². The van der Waals surface area contributed by atoms with Gasteiger partial charge in [-0.05, 0) is 53.9 Å². The van der Waals surface area contributed by atoms with Crippen molar-refractivity contribution in [3.8, 4) is 22.6 Å². The van der Waals surface area contributed by atoms with Crippen molar-refractivity contribution in [3.63, 3.8) is 0 Å². The normalized spacial score (nSPS) is 10.6. The van der Waals surface area contributed by atoms with Crippen LogP contribution in [0.25, 0.3) is 11.1 Å². The average Bonchev–Trinajstić information content (AvgIpc) is 2.78. The molecular weight excluding hydrogens is 385 g/mol. The summed E-state index contributed by atoms with van der Waals surface area (Å²) in [4.78, 5) is 17.0. The van der Waals surface area contributed by atoms with Crippen molar-refractivity contribution in [2.24, 2.45) is 5.73 Å². The molecule has 1 aromatic heterocycles. The lowest BCUT2D eigenvalue weighted by molar-refractivity contribution is 0.0950. The second-order valence-electron chi connectivity index (χ2n) is 6.79. The molecule has 0 fully saturated rings. The van der Waals surface area contributed by atoms with Crippen LogP contribution in [0.4, 0.5) is 4.39 Å². The average molecular weight is 409 g/mol. The van der Waals surface area contributed by atoms with Gasteiger partial charge in [0.25, 0.3) is 5.91 Å². The summed E-state index contributed by atoms with van der Waals surface area (Å²) in [5.41, 5.74) is 9.64. The van der Waals surface area contributed by atoms with E-state index in [-0.39, 0.29) is 24.8 Å². The molecule has 0 aliphatic rings. The summed E-state index contributed by atoms with van der Waals surface area (Å²) in [5.74, 6) is 0.433. The molecule has 1 amide bonds. The van der Waals surface area contributed by atoms with Gasteiger partial charge < -0.3 is 20.5 Å². The topological polar surface area (TPSA) is 86.5 Å². The number of rotatable bonds is 7. The van der Waals surface area contributed by atoms with E-state index in [1.165, 1.54) is 13.2 Å². The summed E-state index contributed by atoms with van der Waals surface area (Å²) >= 11 is 0. The number of aromatic nitrogens is 1. The van der Waals surface area contributed by atoms with E-state index in [0.717, 1.165) is 11.1 Å². The van der Waals surface area contributed by atoms with E-state index in [9.17, 15) is 9.18 Å². The lowest BCUT2D eigenvalue weighted by atomic mass is 9.97. The predicted molar refractivity (Wildman–Crippen MR) is 113 cm³/mol. The molecule has 0 aliphatic heterocycles. The highest BCUT2D eigenvalue weighted by atomic mass is 19.1. The molecule has 2 aromatic carbocycles. The molecule has 0 saturated heterocycles. The smallest absolute Gasteiger partial charge is 0.251 e. The summed E-state index contributed by atoms with van der Waals surface area (Å²) in [5, 5.41) is 2.86. The molecule has 3 aromatic rings. The minimum absolute atomic E-state index is 0.247. The molecule has 1 heterocycles. The molecule has 0 saturated carbocycles. The number of ether oxygens (including phenoxy) is 2. The summed E-state index contributed by atoms with van der Waals surface area (Å²) in [6, 6.07) is 11.9. The van der Waals surface area contributed by atoms with Gasteiger partial charge in [-0.25, -0.2) is 4.39 Å². The highest BCUT2D eigenvalue weighted by molar-refractivity contribution is 5.96. The van der Waals surface area contributed by atoms with Crippen LogP contribution >= 0.6 is 0 Å². The van der Waals surface area contributed by atoms with E-state index in [2.05, 4.69) is 10.3 Å². The minimum atomic E-state index is -0.352. The van der Waals surface area contributed by atoms with E-state index in [1.807, 2.05) is 6.07 Å². The number of pyridine rings is 1. The maximum Gasteiger partial charge on any atom is 0.251 e. The van der Waals surface area contributed by atoms with E-state index in [4.69, 9.17) is 15.2 Å². The van der Waals surface area contributed by atoms with Gasteiger partial charge in [0.2, 0.25) is 0 Å². The van der Waals surface area contributed by atoms with Crippen LogP contribution in [-0.4, -0.2) is 25.1 Å². The largest absolute Gasteiger partial charge is 0.497 e. The number of hydrogen-bond donors (Lipinski definition) is 2. The molecule has 3 N–H and O–H groups in total. The van der Waals surface area contributed by atoms with Crippen molar-refractivity contribution < 1.29 is 18.7 Å². The van der Waals surface area contributed by atoms with Crippen LogP contribution in [0.1, 0.15) is 27.2 Å². The van der Waals surface area contributed by atoms with Gasteiger partial charge in [0.1, 0.15) is 17.3 Å². The highest BCUT2D eigenvalue weighted by Gasteiger charge is 2.14.